The second-order valence-corrected chi connectivity index (χ2v) is 6.97. The number of anilines is 2. The number of carbonyl (C=O) groups excluding carboxylic acids is 2. The second-order valence-electron chi connectivity index (χ2n) is 6.97. The minimum absolute atomic E-state index is 0.0527. The minimum atomic E-state index is -0.193. The molecule has 1 unspecified atom stereocenters. The van der Waals surface area contributed by atoms with Crippen LogP contribution >= 0.6 is 0 Å². The van der Waals surface area contributed by atoms with Crippen LogP contribution in [0.25, 0.3) is 0 Å². The molecule has 28 heavy (non-hydrogen) atoms. The molecule has 6 heteroatoms. The Morgan fingerprint density at radius 3 is 2.36 bits per heavy atom. The molecule has 0 aliphatic heterocycles. The van der Waals surface area contributed by atoms with E-state index in [4.69, 9.17) is 4.74 Å². The first-order valence-corrected chi connectivity index (χ1v) is 9.58. The van der Waals surface area contributed by atoms with Gasteiger partial charge in [0, 0.05) is 23.0 Å². The van der Waals surface area contributed by atoms with Crippen molar-refractivity contribution in [1.82, 2.24) is 5.32 Å². The minimum Gasteiger partial charge on any atom is -0.491 e. The van der Waals surface area contributed by atoms with Gasteiger partial charge in [-0.3, -0.25) is 9.59 Å². The highest BCUT2D eigenvalue weighted by molar-refractivity contribution is 5.98. The summed E-state index contributed by atoms with van der Waals surface area (Å²) < 4.78 is 5.74. The van der Waals surface area contributed by atoms with Gasteiger partial charge in [0.05, 0.1) is 12.6 Å². The molecule has 1 atom stereocenters. The molecule has 0 radical (unpaired) electrons. The van der Waals surface area contributed by atoms with Gasteiger partial charge in [0.15, 0.2) is 0 Å². The van der Waals surface area contributed by atoms with Crippen molar-refractivity contribution >= 4 is 23.2 Å². The highest BCUT2D eigenvalue weighted by Crippen LogP contribution is 2.17. The summed E-state index contributed by atoms with van der Waals surface area (Å²) in [5.41, 5.74) is 1.92. The summed E-state index contributed by atoms with van der Waals surface area (Å²) in [4.78, 5) is 24.3. The number of nitrogens with one attached hydrogen (secondary N) is 3. The van der Waals surface area contributed by atoms with E-state index in [0.29, 0.717) is 11.3 Å². The third-order valence-corrected chi connectivity index (χ3v) is 4.05. The average molecular weight is 383 g/mol. The van der Waals surface area contributed by atoms with Crippen LogP contribution in [0.1, 0.15) is 44.5 Å². The van der Waals surface area contributed by atoms with Gasteiger partial charge >= 0.3 is 0 Å². The Labute approximate surface area is 166 Å². The molecule has 0 aliphatic carbocycles. The molecular formula is C22H29N3O3. The van der Waals surface area contributed by atoms with E-state index in [1.807, 2.05) is 45.0 Å². The number of rotatable bonds is 9. The molecule has 3 N–H and O–H groups in total. The van der Waals surface area contributed by atoms with E-state index in [0.717, 1.165) is 17.9 Å². The van der Waals surface area contributed by atoms with Crippen molar-refractivity contribution in [2.24, 2.45) is 0 Å². The zero-order valence-corrected chi connectivity index (χ0v) is 16.9. The van der Waals surface area contributed by atoms with Crippen molar-refractivity contribution < 1.29 is 14.3 Å². The van der Waals surface area contributed by atoms with Gasteiger partial charge in [-0.15, -0.1) is 0 Å². The fourth-order valence-electron chi connectivity index (χ4n) is 2.44. The quantitative estimate of drug-likeness (QED) is 0.610. The topological polar surface area (TPSA) is 79.5 Å². The summed E-state index contributed by atoms with van der Waals surface area (Å²) in [6, 6.07) is 14.4. The molecule has 150 valence electrons. The lowest BCUT2D eigenvalue weighted by Gasteiger charge is -2.13. The van der Waals surface area contributed by atoms with Crippen LogP contribution in [0.3, 0.4) is 0 Å². The fourth-order valence-corrected chi connectivity index (χ4v) is 2.44. The van der Waals surface area contributed by atoms with Gasteiger partial charge in [-0.2, -0.15) is 0 Å². The number of benzene rings is 2. The van der Waals surface area contributed by atoms with Gasteiger partial charge in [0.1, 0.15) is 5.75 Å². The van der Waals surface area contributed by atoms with Crippen LogP contribution in [0.5, 0.6) is 5.75 Å². The lowest BCUT2D eigenvalue weighted by atomic mass is 10.1. The Hall–Kier alpha value is -3.02. The first kappa shape index (κ1) is 21.3. The molecule has 0 spiro atoms. The normalized spacial score (nSPS) is 11.6. The molecule has 0 aromatic heterocycles. The highest BCUT2D eigenvalue weighted by atomic mass is 16.5. The Balaban J connectivity index is 1.86. The van der Waals surface area contributed by atoms with Crippen molar-refractivity contribution in [2.75, 3.05) is 17.2 Å². The van der Waals surface area contributed by atoms with Crippen LogP contribution in [-0.2, 0) is 4.79 Å². The summed E-state index contributed by atoms with van der Waals surface area (Å²) >= 11 is 0. The lowest BCUT2D eigenvalue weighted by Crippen LogP contribution is -2.30. The molecule has 0 bridgehead atoms. The molecule has 0 saturated heterocycles. The van der Waals surface area contributed by atoms with Crippen LogP contribution in [0.15, 0.2) is 48.5 Å². The van der Waals surface area contributed by atoms with Crippen LogP contribution in [-0.4, -0.2) is 30.5 Å². The molecule has 6 nitrogen and oxygen atoms in total. The van der Waals surface area contributed by atoms with E-state index in [1.165, 1.54) is 0 Å². The lowest BCUT2D eigenvalue weighted by molar-refractivity contribution is -0.114. The molecule has 0 saturated carbocycles. The number of hydrogen-bond donors (Lipinski definition) is 3. The Kier molecular flexibility index (Phi) is 7.87. The largest absolute Gasteiger partial charge is 0.491 e. The third kappa shape index (κ3) is 6.95. The molecule has 2 aromatic rings. The second kappa shape index (κ2) is 10.3. The number of amides is 2. The number of hydrogen-bond acceptors (Lipinski definition) is 4. The molecule has 0 aliphatic rings. The van der Waals surface area contributed by atoms with Gasteiger partial charge in [-0.25, -0.2) is 0 Å². The predicted molar refractivity (Wildman–Crippen MR) is 113 cm³/mol. The van der Waals surface area contributed by atoms with Crippen LogP contribution in [0.2, 0.25) is 0 Å². The zero-order valence-electron chi connectivity index (χ0n) is 16.9. The van der Waals surface area contributed by atoms with E-state index in [1.54, 1.807) is 24.3 Å². The Morgan fingerprint density at radius 1 is 1.00 bits per heavy atom. The van der Waals surface area contributed by atoms with Crippen LogP contribution < -0.4 is 20.7 Å². The van der Waals surface area contributed by atoms with Gasteiger partial charge in [-0.1, -0.05) is 13.0 Å². The van der Waals surface area contributed by atoms with Gasteiger partial charge in [0.25, 0.3) is 5.91 Å². The van der Waals surface area contributed by atoms with Gasteiger partial charge in [-0.05, 0) is 69.7 Å². The van der Waals surface area contributed by atoms with E-state index >= 15 is 0 Å². The number of carbonyl (C=O) groups is 2. The van der Waals surface area contributed by atoms with Crippen molar-refractivity contribution in [3.8, 4) is 5.75 Å². The molecule has 2 amide bonds. The van der Waals surface area contributed by atoms with Crippen molar-refractivity contribution in [3.63, 3.8) is 0 Å². The summed E-state index contributed by atoms with van der Waals surface area (Å²) in [6.45, 7) is 8.02. The van der Waals surface area contributed by atoms with E-state index < -0.39 is 0 Å². The van der Waals surface area contributed by atoms with E-state index in [9.17, 15) is 9.59 Å². The maximum Gasteiger partial charge on any atom is 0.251 e. The van der Waals surface area contributed by atoms with E-state index in [-0.39, 0.29) is 30.5 Å². The van der Waals surface area contributed by atoms with Crippen molar-refractivity contribution in [3.05, 3.63) is 54.1 Å². The molecule has 2 aromatic carbocycles. The Bertz CT molecular complexity index is 788. The first-order chi connectivity index (χ1) is 13.4. The third-order valence-electron chi connectivity index (χ3n) is 4.05. The van der Waals surface area contributed by atoms with Gasteiger partial charge < -0.3 is 20.7 Å². The summed E-state index contributed by atoms with van der Waals surface area (Å²) in [5, 5.41) is 8.71. The maximum absolute atomic E-state index is 12.2. The smallest absolute Gasteiger partial charge is 0.251 e. The first-order valence-electron chi connectivity index (χ1n) is 9.58. The molecule has 0 fully saturated rings. The van der Waals surface area contributed by atoms with Crippen LogP contribution in [0, 0.1) is 0 Å². The fraction of sp³-hybridized carbons (Fsp3) is 0.364. The molecular weight excluding hydrogens is 354 g/mol. The molecule has 2 rings (SSSR count). The monoisotopic (exact) mass is 383 g/mol. The highest BCUT2D eigenvalue weighted by Gasteiger charge is 2.09. The SMILES string of the molecule is CCC(C)Oc1ccc(NCC(=O)Nc2cccc(C(=O)NC(C)C)c2)cc1. The average Bonchev–Trinajstić information content (AvgIpc) is 2.67. The summed E-state index contributed by atoms with van der Waals surface area (Å²) in [6.07, 6.45) is 1.11. The Morgan fingerprint density at radius 2 is 1.71 bits per heavy atom. The van der Waals surface area contributed by atoms with Gasteiger partial charge in [0.2, 0.25) is 5.91 Å². The zero-order chi connectivity index (χ0) is 20.5. The van der Waals surface area contributed by atoms with Crippen molar-refractivity contribution in [2.45, 2.75) is 46.3 Å². The summed E-state index contributed by atoms with van der Waals surface area (Å²) in [5.74, 6) is 0.450. The van der Waals surface area contributed by atoms with Crippen molar-refractivity contribution in [1.29, 1.82) is 0 Å². The predicted octanol–water partition coefficient (Wildman–Crippen LogP) is 4.05. The number of ether oxygens (including phenoxy) is 1. The maximum atomic E-state index is 12.2. The summed E-state index contributed by atoms with van der Waals surface area (Å²) in [7, 11) is 0. The van der Waals surface area contributed by atoms with E-state index in [2.05, 4.69) is 22.9 Å². The van der Waals surface area contributed by atoms with Crippen LogP contribution in [0.4, 0.5) is 11.4 Å². The standard InChI is InChI=1S/C22H29N3O3/c1-5-16(4)28-20-11-9-18(10-12-20)23-14-21(26)25-19-8-6-7-17(13-19)22(27)24-15(2)3/h6-13,15-16,23H,5,14H2,1-4H3,(H,24,27)(H,25,26). The molecule has 0 heterocycles.